The highest BCUT2D eigenvalue weighted by Gasteiger charge is 2.25. The van der Waals surface area contributed by atoms with E-state index in [1.165, 1.54) is 29.8 Å². The molecule has 4 rings (SSSR count). The number of amides is 1. The number of nitriles is 2. The lowest BCUT2D eigenvalue weighted by Crippen LogP contribution is -2.38. The van der Waals surface area contributed by atoms with Crippen LogP contribution < -0.4 is 4.72 Å². The molecule has 0 bridgehead atoms. The fourth-order valence-electron chi connectivity index (χ4n) is 4.23. The third kappa shape index (κ3) is 5.34. The summed E-state index contributed by atoms with van der Waals surface area (Å²) in [6, 6.07) is 22.4. The van der Waals surface area contributed by atoms with E-state index in [4.69, 9.17) is 10.5 Å². The van der Waals surface area contributed by atoms with Crippen molar-refractivity contribution in [1.82, 2.24) is 4.90 Å². The summed E-state index contributed by atoms with van der Waals surface area (Å²) in [6.45, 7) is 2.96. The highest BCUT2D eigenvalue weighted by atomic mass is 32.2. The van der Waals surface area contributed by atoms with Crippen molar-refractivity contribution in [3.8, 4) is 12.1 Å². The smallest absolute Gasteiger partial charge is 0.261 e. The predicted molar refractivity (Wildman–Crippen MR) is 132 cm³/mol. The summed E-state index contributed by atoms with van der Waals surface area (Å²) >= 11 is 0. The van der Waals surface area contributed by atoms with Gasteiger partial charge in [-0.2, -0.15) is 10.5 Å². The second kappa shape index (κ2) is 10.0. The molecule has 0 aliphatic carbocycles. The van der Waals surface area contributed by atoms with E-state index in [1.807, 2.05) is 30.3 Å². The molecule has 3 aromatic rings. The Morgan fingerprint density at radius 2 is 1.63 bits per heavy atom. The molecule has 0 unspecified atom stereocenters. The summed E-state index contributed by atoms with van der Waals surface area (Å²) in [6.07, 6.45) is 1.64. The second-order valence-corrected chi connectivity index (χ2v) is 10.3. The summed E-state index contributed by atoms with van der Waals surface area (Å²) in [7, 11) is -3.92. The Hall–Kier alpha value is -4.14. The van der Waals surface area contributed by atoms with E-state index in [-0.39, 0.29) is 16.4 Å². The van der Waals surface area contributed by atoms with Crippen LogP contribution in [0, 0.1) is 29.6 Å². The van der Waals surface area contributed by atoms with E-state index in [1.54, 1.807) is 30.0 Å². The van der Waals surface area contributed by atoms with Gasteiger partial charge >= 0.3 is 0 Å². The first-order valence-electron chi connectivity index (χ1n) is 11.2. The molecule has 0 aromatic heterocycles. The number of carbonyl (C=O) groups is 1. The van der Waals surface area contributed by atoms with Gasteiger partial charge in [-0.25, -0.2) is 8.42 Å². The van der Waals surface area contributed by atoms with Crippen LogP contribution in [0.25, 0.3) is 0 Å². The van der Waals surface area contributed by atoms with Gasteiger partial charge in [0.1, 0.15) is 0 Å². The molecule has 0 radical (unpaired) electrons. The Kier molecular flexibility index (Phi) is 6.86. The molecule has 0 atom stereocenters. The largest absolute Gasteiger partial charge is 0.339 e. The second-order valence-electron chi connectivity index (χ2n) is 8.58. The lowest BCUT2D eigenvalue weighted by atomic mass is 9.89. The van der Waals surface area contributed by atoms with Crippen LogP contribution in [0.15, 0.2) is 71.6 Å². The third-order valence-corrected chi connectivity index (χ3v) is 7.66. The zero-order valence-corrected chi connectivity index (χ0v) is 20.0. The first-order valence-corrected chi connectivity index (χ1v) is 12.7. The van der Waals surface area contributed by atoms with E-state index in [0.29, 0.717) is 41.4 Å². The van der Waals surface area contributed by atoms with Crippen molar-refractivity contribution in [2.45, 2.75) is 30.6 Å². The third-order valence-electron chi connectivity index (χ3n) is 6.30. The normalized spacial score (nSPS) is 14.1. The van der Waals surface area contributed by atoms with Crippen LogP contribution in [0.5, 0.6) is 0 Å². The summed E-state index contributed by atoms with van der Waals surface area (Å²) in [5, 5.41) is 18.0. The number of nitrogens with one attached hydrogen (secondary N) is 1. The Bertz CT molecular complexity index is 1440. The minimum atomic E-state index is -3.92. The number of hydrogen-bond acceptors (Lipinski definition) is 5. The van der Waals surface area contributed by atoms with Crippen LogP contribution in [-0.4, -0.2) is 32.3 Å². The molecular formula is C27H24N4O3S. The Labute approximate surface area is 205 Å². The average molecular weight is 485 g/mol. The molecule has 1 N–H and O–H groups in total. The van der Waals surface area contributed by atoms with Gasteiger partial charge in [0.2, 0.25) is 0 Å². The minimum absolute atomic E-state index is 0.0162. The molecule has 1 fully saturated rings. The van der Waals surface area contributed by atoms with Crippen LogP contribution in [0.1, 0.15) is 51.4 Å². The first kappa shape index (κ1) is 24.0. The van der Waals surface area contributed by atoms with Crippen LogP contribution in [0.3, 0.4) is 0 Å². The number of piperidine rings is 1. The molecule has 35 heavy (non-hydrogen) atoms. The Morgan fingerprint density at radius 3 is 2.29 bits per heavy atom. The molecule has 176 valence electrons. The van der Waals surface area contributed by atoms with E-state index < -0.39 is 10.0 Å². The fraction of sp³-hybridized carbons (Fsp3) is 0.222. The summed E-state index contributed by atoms with van der Waals surface area (Å²) in [5.74, 6) is 0.187. The lowest BCUT2D eigenvalue weighted by Gasteiger charge is -2.32. The van der Waals surface area contributed by atoms with Gasteiger partial charge in [0, 0.05) is 18.7 Å². The number of nitrogens with zero attached hydrogens (tertiary/aromatic N) is 3. The van der Waals surface area contributed by atoms with Crippen LogP contribution in [-0.2, 0) is 10.0 Å². The monoisotopic (exact) mass is 484 g/mol. The van der Waals surface area contributed by atoms with Gasteiger partial charge in [0.15, 0.2) is 0 Å². The number of rotatable bonds is 5. The number of hydrogen-bond donors (Lipinski definition) is 1. The van der Waals surface area contributed by atoms with Gasteiger partial charge in [-0.3, -0.25) is 9.52 Å². The summed E-state index contributed by atoms with van der Waals surface area (Å²) in [5.41, 5.74) is 3.47. The highest BCUT2D eigenvalue weighted by molar-refractivity contribution is 7.92. The van der Waals surface area contributed by atoms with Crippen molar-refractivity contribution < 1.29 is 13.2 Å². The maximum Gasteiger partial charge on any atom is 0.261 e. The highest BCUT2D eigenvalue weighted by Crippen LogP contribution is 2.29. The van der Waals surface area contributed by atoms with Gasteiger partial charge in [0.25, 0.3) is 15.9 Å². The molecule has 0 spiro atoms. The number of carbonyl (C=O) groups excluding carboxylic acids is 1. The number of sulfonamides is 1. The minimum Gasteiger partial charge on any atom is -0.339 e. The van der Waals surface area contributed by atoms with E-state index in [9.17, 15) is 13.2 Å². The molecule has 1 aliphatic heterocycles. The number of likely N-dealkylation sites (tertiary alicyclic amines) is 1. The predicted octanol–water partition coefficient (Wildman–Crippen LogP) is 4.56. The molecule has 1 saturated heterocycles. The van der Waals surface area contributed by atoms with Crippen molar-refractivity contribution in [2.75, 3.05) is 17.8 Å². The van der Waals surface area contributed by atoms with Gasteiger partial charge in [0.05, 0.1) is 33.8 Å². The van der Waals surface area contributed by atoms with E-state index in [0.717, 1.165) is 12.8 Å². The fourth-order valence-corrected chi connectivity index (χ4v) is 5.40. The first-order chi connectivity index (χ1) is 16.8. The van der Waals surface area contributed by atoms with Gasteiger partial charge in [-0.1, -0.05) is 24.3 Å². The average Bonchev–Trinajstić information content (AvgIpc) is 2.89. The quantitative estimate of drug-likeness (QED) is 0.570. The van der Waals surface area contributed by atoms with Crippen molar-refractivity contribution in [3.05, 3.63) is 94.5 Å². The van der Waals surface area contributed by atoms with Gasteiger partial charge in [-0.15, -0.1) is 0 Å². The molecule has 1 amide bonds. The topological polar surface area (TPSA) is 114 Å². The van der Waals surface area contributed by atoms with Crippen molar-refractivity contribution in [3.63, 3.8) is 0 Å². The molecule has 0 saturated carbocycles. The van der Waals surface area contributed by atoms with Gasteiger partial charge < -0.3 is 4.90 Å². The van der Waals surface area contributed by atoms with E-state index in [2.05, 4.69) is 10.8 Å². The van der Waals surface area contributed by atoms with E-state index >= 15 is 0 Å². The number of anilines is 1. The zero-order chi connectivity index (χ0) is 25.0. The molecule has 8 heteroatoms. The van der Waals surface area contributed by atoms with Crippen molar-refractivity contribution in [2.24, 2.45) is 0 Å². The molecular weight excluding hydrogens is 460 g/mol. The number of aryl methyl sites for hydroxylation is 1. The Balaban J connectivity index is 1.47. The summed E-state index contributed by atoms with van der Waals surface area (Å²) in [4.78, 5) is 15.0. The maximum absolute atomic E-state index is 13.2. The molecule has 3 aromatic carbocycles. The standard InChI is InChI=1S/C27H24N4O3S/c1-19-5-8-24(16-26(19)30-35(33,34)25-4-2-3-21(15-25)18-29)27(32)31-13-11-23(12-14-31)22-9-6-20(17-28)7-10-22/h2-10,15-16,23,30H,11-14H2,1H3. The Morgan fingerprint density at radius 1 is 0.943 bits per heavy atom. The maximum atomic E-state index is 13.2. The van der Waals surface area contributed by atoms with Gasteiger partial charge in [-0.05, 0) is 79.3 Å². The van der Waals surface area contributed by atoms with Crippen LogP contribution in [0.2, 0.25) is 0 Å². The van der Waals surface area contributed by atoms with Crippen LogP contribution in [0.4, 0.5) is 5.69 Å². The van der Waals surface area contributed by atoms with Crippen molar-refractivity contribution >= 4 is 21.6 Å². The van der Waals surface area contributed by atoms with Crippen molar-refractivity contribution in [1.29, 1.82) is 10.5 Å². The molecule has 1 aliphatic rings. The van der Waals surface area contributed by atoms with Crippen LogP contribution >= 0.6 is 0 Å². The molecule has 7 nitrogen and oxygen atoms in total. The summed E-state index contributed by atoms with van der Waals surface area (Å²) < 4.78 is 28.3. The lowest BCUT2D eigenvalue weighted by molar-refractivity contribution is 0.0713. The number of benzene rings is 3. The zero-order valence-electron chi connectivity index (χ0n) is 19.2. The molecule has 1 heterocycles. The SMILES string of the molecule is Cc1ccc(C(=O)N2CCC(c3ccc(C#N)cc3)CC2)cc1NS(=O)(=O)c1cccc(C#N)c1.